The number of sulfonamides is 1. The van der Waals surface area contributed by atoms with Crippen molar-refractivity contribution in [1.29, 1.82) is 0 Å². The lowest BCUT2D eigenvalue weighted by Gasteiger charge is -2.32. The Balaban J connectivity index is 1.55. The largest absolute Gasteiger partial charge is 0.340 e. The second-order valence-electron chi connectivity index (χ2n) is 8.00. The van der Waals surface area contributed by atoms with Gasteiger partial charge in [0.25, 0.3) is 15.9 Å². The predicted octanol–water partition coefficient (Wildman–Crippen LogP) is 3.82. The fourth-order valence-corrected chi connectivity index (χ4v) is 4.91. The van der Waals surface area contributed by atoms with Crippen LogP contribution < -0.4 is 4.72 Å². The molecule has 0 bridgehead atoms. The second-order valence-corrected chi connectivity index (χ2v) is 9.68. The van der Waals surface area contributed by atoms with Gasteiger partial charge in [0, 0.05) is 37.4 Å². The molecule has 1 aliphatic carbocycles. The Hall–Kier alpha value is -2.38. The van der Waals surface area contributed by atoms with Crippen molar-refractivity contribution >= 4 is 21.6 Å². The summed E-state index contributed by atoms with van der Waals surface area (Å²) in [5.74, 6) is -0.0653. The average Bonchev–Trinajstić information content (AvgIpc) is 2.78. The fourth-order valence-electron chi connectivity index (χ4n) is 3.83. The molecule has 30 heavy (non-hydrogen) atoms. The quantitative estimate of drug-likeness (QED) is 0.693. The monoisotopic (exact) mass is 429 g/mol. The minimum absolute atomic E-state index is 0.0653. The third kappa shape index (κ3) is 5.83. The third-order valence-corrected chi connectivity index (χ3v) is 7.17. The SMILES string of the molecule is CN(CCN(C)C1CCCCC1)C(=O)c1ccc(NS(=O)(=O)c2ccccc2)cc1. The number of amides is 1. The van der Waals surface area contributed by atoms with Crippen LogP contribution in [0.15, 0.2) is 59.5 Å². The first-order valence-electron chi connectivity index (χ1n) is 10.5. The van der Waals surface area contributed by atoms with Crippen molar-refractivity contribution in [2.45, 2.75) is 43.0 Å². The van der Waals surface area contributed by atoms with E-state index in [2.05, 4.69) is 16.7 Å². The van der Waals surface area contributed by atoms with E-state index in [1.165, 1.54) is 32.1 Å². The maximum atomic E-state index is 12.7. The molecule has 0 aliphatic heterocycles. The normalized spacial score (nSPS) is 15.2. The summed E-state index contributed by atoms with van der Waals surface area (Å²) in [7, 11) is 0.307. The molecule has 0 unspecified atom stereocenters. The first-order valence-corrected chi connectivity index (χ1v) is 12.0. The zero-order valence-electron chi connectivity index (χ0n) is 17.8. The Morgan fingerprint density at radius 3 is 2.20 bits per heavy atom. The highest BCUT2D eigenvalue weighted by Gasteiger charge is 2.19. The van der Waals surface area contributed by atoms with E-state index >= 15 is 0 Å². The van der Waals surface area contributed by atoms with Gasteiger partial charge >= 0.3 is 0 Å². The van der Waals surface area contributed by atoms with Crippen LogP contribution in [0.5, 0.6) is 0 Å². The minimum atomic E-state index is -3.64. The molecule has 0 radical (unpaired) electrons. The van der Waals surface area contributed by atoms with Gasteiger partial charge in [0.1, 0.15) is 0 Å². The van der Waals surface area contributed by atoms with Crippen LogP contribution in [-0.2, 0) is 10.0 Å². The van der Waals surface area contributed by atoms with Gasteiger partial charge in [-0.25, -0.2) is 8.42 Å². The zero-order chi connectivity index (χ0) is 21.6. The molecule has 1 fully saturated rings. The van der Waals surface area contributed by atoms with Crippen LogP contribution in [0.4, 0.5) is 5.69 Å². The molecular formula is C23H31N3O3S. The van der Waals surface area contributed by atoms with Gasteiger partial charge in [0.05, 0.1) is 4.90 Å². The summed E-state index contributed by atoms with van der Waals surface area (Å²) in [5, 5.41) is 0. The Kier molecular flexibility index (Phi) is 7.50. The molecule has 3 rings (SSSR count). The van der Waals surface area contributed by atoms with E-state index in [4.69, 9.17) is 0 Å². The lowest BCUT2D eigenvalue weighted by atomic mass is 9.94. The number of hydrogen-bond donors (Lipinski definition) is 1. The highest BCUT2D eigenvalue weighted by Crippen LogP contribution is 2.21. The van der Waals surface area contributed by atoms with Gasteiger partial charge in [-0.3, -0.25) is 9.52 Å². The highest BCUT2D eigenvalue weighted by molar-refractivity contribution is 7.92. The van der Waals surface area contributed by atoms with E-state index in [9.17, 15) is 13.2 Å². The topological polar surface area (TPSA) is 69.7 Å². The van der Waals surface area contributed by atoms with E-state index in [1.807, 2.05) is 7.05 Å². The lowest BCUT2D eigenvalue weighted by molar-refractivity contribution is 0.0767. The number of carbonyl (C=O) groups excluding carboxylic acids is 1. The number of likely N-dealkylation sites (N-methyl/N-ethyl adjacent to an activating group) is 2. The van der Waals surface area contributed by atoms with Crippen molar-refractivity contribution in [3.63, 3.8) is 0 Å². The summed E-state index contributed by atoms with van der Waals surface area (Å²) < 4.78 is 27.4. The number of benzene rings is 2. The minimum Gasteiger partial charge on any atom is -0.340 e. The molecule has 162 valence electrons. The Morgan fingerprint density at radius 1 is 0.933 bits per heavy atom. The van der Waals surface area contributed by atoms with Gasteiger partial charge in [0.2, 0.25) is 0 Å². The summed E-state index contributed by atoms with van der Waals surface area (Å²) >= 11 is 0. The number of nitrogens with zero attached hydrogens (tertiary/aromatic N) is 2. The smallest absolute Gasteiger partial charge is 0.261 e. The van der Waals surface area contributed by atoms with E-state index in [-0.39, 0.29) is 10.8 Å². The summed E-state index contributed by atoms with van der Waals surface area (Å²) in [6.45, 7) is 1.51. The van der Waals surface area contributed by atoms with Crippen molar-refractivity contribution in [2.24, 2.45) is 0 Å². The molecule has 7 heteroatoms. The zero-order valence-corrected chi connectivity index (χ0v) is 18.6. The van der Waals surface area contributed by atoms with E-state index in [0.29, 0.717) is 23.8 Å². The Morgan fingerprint density at radius 2 is 1.57 bits per heavy atom. The van der Waals surface area contributed by atoms with Gasteiger partial charge in [-0.05, 0) is 56.3 Å². The molecule has 0 spiro atoms. The molecule has 1 saturated carbocycles. The van der Waals surface area contributed by atoms with E-state index in [0.717, 1.165) is 6.54 Å². The summed E-state index contributed by atoms with van der Waals surface area (Å²) in [6.07, 6.45) is 6.41. The molecule has 0 atom stereocenters. The molecule has 1 aliphatic rings. The summed E-state index contributed by atoms with van der Waals surface area (Å²) in [6, 6.07) is 15.4. The first kappa shape index (κ1) is 22.3. The molecule has 6 nitrogen and oxygen atoms in total. The van der Waals surface area contributed by atoms with Gasteiger partial charge in [0.15, 0.2) is 0 Å². The lowest BCUT2D eigenvalue weighted by Crippen LogP contribution is -2.40. The van der Waals surface area contributed by atoms with Gasteiger partial charge < -0.3 is 9.80 Å². The molecule has 2 aromatic rings. The Labute approximate surface area is 179 Å². The maximum Gasteiger partial charge on any atom is 0.261 e. The molecule has 2 aromatic carbocycles. The number of rotatable bonds is 8. The fraction of sp³-hybridized carbons (Fsp3) is 0.435. The van der Waals surface area contributed by atoms with Crippen LogP contribution >= 0.6 is 0 Å². The van der Waals surface area contributed by atoms with Crippen LogP contribution in [-0.4, -0.2) is 57.4 Å². The Bertz CT molecular complexity index is 924. The van der Waals surface area contributed by atoms with Crippen molar-refractivity contribution < 1.29 is 13.2 Å². The van der Waals surface area contributed by atoms with Crippen LogP contribution in [0.3, 0.4) is 0 Å². The number of carbonyl (C=O) groups is 1. The van der Waals surface area contributed by atoms with Gasteiger partial charge in [-0.2, -0.15) is 0 Å². The van der Waals surface area contributed by atoms with Crippen LogP contribution in [0.1, 0.15) is 42.5 Å². The number of hydrogen-bond acceptors (Lipinski definition) is 4. The van der Waals surface area contributed by atoms with Crippen LogP contribution in [0, 0.1) is 0 Å². The van der Waals surface area contributed by atoms with Crippen molar-refractivity contribution in [3.8, 4) is 0 Å². The first-order chi connectivity index (χ1) is 14.4. The number of anilines is 1. The van der Waals surface area contributed by atoms with Crippen LogP contribution in [0.2, 0.25) is 0 Å². The molecule has 0 heterocycles. The van der Waals surface area contributed by atoms with E-state index < -0.39 is 10.0 Å². The summed E-state index contributed by atoms with van der Waals surface area (Å²) in [4.78, 5) is 17.0. The molecule has 0 saturated heterocycles. The van der Waals surface area contributed by atoms with Crippen molar-refractivity contribution in [3.05, 3.63) is 60.2 Å². The predicted molar refractivity (Wildman–Crippen MR) is 120 cm³/mol. The summed E-state index contributed by atoms with van der Waals surface area (Å²) in [5.41, 5.74) is 0.968. The third-order valence-electron chi connectivity index (χ3n) is 5.77. The molecular weight excluding hydrogens is 398 g/mol. The van der Waals surface area contributed by atoms with Crippen molar-refractivity contribution in [2.75, 3.05) is 31.9 Å². The van der Waals surface area contributed by atoms with Crippen LogP contribution in [0.25, 0.3) is 0 Å². The maximum absolute atomic E-state index is 12.7. The highest BCUT2D eigenvalue weighted by atomic mass is 32.2. The number of nitrogens with one attached hydrogen (secondary N) is 1. The molecule has 0 aromatic heterocycles. The second kappa shape index (κ2) is 10.1. The average molecular weight is 430 g/mol. The van der Waals surface area contributed by atoms with Gasteiger partial charge in [-0.1, -0.05) is 37.5 Å². The van der Waals surface area contributed by atoms with Gasteiger partial charge in [-0.15, -0.1) is 0 Å². The van der Waals surface area contributed by atoms with E-state index in [1.54, 1.807) is 59.5 Å². The molecule has 1 N–H and O–H groups in total. The standard InChI is InChI=1S/C23H31N3O3S/c1-25(21-9-5-3-6-10-21)17-18-26(2)23(27)19-13-15-20(16-14-19)24-30(28,29)22-11-7-4-8-12-22/h4,7-8,11-16,21,24H,3,5-6,9-10,17-18H2,1-2H3. The van der Waals surface area contributed by atoms with Crippen molar-refractivity contribution in [1.82, 2.24) is 9.80 Å². The molecule has 1 amide bonds.